The minimum absolute atomic E-state index is 0.00792. The Morgan fingerprint density at radius 1 is 1.25 bits per heavy atom. The fraction of sp³-hybridized carbons (Fsp3) is 0.857. The molecule has 1 saturated heterocycles. The fourth-order valence-corrected chi connectivity index (χ4v) is 2.58. The Morgan fingerprint density at radius 3 is 2.50 bits per heavy atom. The van der Waals surface area contributed by atoms with Crippen molar-refractivity contribution in [3.05, 3.63) is 0 Å². The SMILES string of the molecule is CC(C)(C(=O)NCCC(=O)[15NH][13CH3])C1C[15N]([13CH3])CC[15N]1[13CH3]. The number of hydrogen-bond acceptors (Lipinski definition) is 4. The third-order valence-corrected chi connectivity index (χ3v) is 4.19. The number of amides is 2. The van der Waals surface area contributed by atoms with E-state index in [2.05, 4.69) is 34.5 Å². The molecule has 0 aliphatic carbocycles. The molecule has 1 rings (SSSR count). The second-order valence-electron chi connectivity index (χ2n) is 6.16. The van der Waals surface area contributed by atoms with Gasteiger partial charge in [0.15, 0.2) is 0 Å². The molecule has 2 amide bonds. The maximum Gasteiger partial charge on any atom is 0.227 e. The van der Waals surface area contributed by atoms with Crippen molar-refractivity contribution in [1.29, 1.82) is 0 Å². The standard InChI is InChI=1S/C14H28N4O2/c1-14(2,11-10-17(4)8-9-18(11)5)13(20)16-7-6-12(19)15-3/h11H,6-10H2,1-5H3,(H,15,19)(H,16,20)/i3+1,4+1,5+1,15+1,17+1,18+1. The van der Waals surface area contributed by atoms with E-state index in [9.17, 15) is 9.59 Å². The van der Waals surface area contributed by atoms with E-state index < -0.39 is 5.41 Å². The summed E-state index contributed by atoms with van der Waals surface area (Å²) in [5.74, 6) is -0.0498. The van der Waals surface area contributed by atoms with Gasteiger partial charge in [0.05, 0.1) is 5.41 Å². The number of carbonyl (C=O) groups is 2. The van der Waals surface area contributed by atoms with Crippen molar-refractivity contribution in [1.82, 2.24) is 20.4 Å². The van der Waals surface area contributed by atoms with Gasteiger partial charge in [-0.2, -0.15) is 0 Å². The summed E-state index contributed by atoms with van der Waals surface area (Å²) in [6.45, 7) is 7.21. The molecule has 6 heteroatoms. The zero-order valence-electron chi connectivity index (χ0n) is 13.3. The van der Waals surface area contributed by atoms with Crippen molar-refractivity contribution < 1.29 is 9.59 Å². The molecule has 116 valence electrons. The number of rotatable bonds is 5. The molecule has 1 heterocycles. The Balaban J connectivity index is 2.57. The minimum Gasteiger partial charge on any atom is -0.359 e. The Kier molecular flexibility index (Phi) is 5.95. The Bertz CT molecular complexity index is 357. The third kappa shape index (κ3) is 4.18. The molecule has 1 atom stereocenters. The average Bonchev–Trinajstić information content (AvgIpc) is 2.40. The molecule has 6 nitrogen and oxygen atoms in total. The molecule has 0 aromatic carbocycles. The van der Waals surface area contributed by atoms with E-state index in [4.69, 9.17) is 0 Å². The van der Waals surface area contributed by atoms with E-state index in [1.165, 1.54) is 0 Å². The van der Waals surface area contributed by atoms with Crippen LogP contribution in [0.5, 0.6) is 0 Å². The number of piperazine rings is 1. The summed E-state index contributed by atoms with van der Waals surface area (Å²) < 4.78 is 0. The smallest absolute Gasteiger partial charge is 0.227 e. The predicted molar refractivity (Wildman–Crippen MR) is 79.4 cm³/mol. The first kappa shape index (κ1) is 16.9. The highest BCUT2D eigenvalue weighted by Gasteiger charge is 2.41. The van der Waals surface area contributed by atoms with Crippen molar-refractivity contribution in [2.75, 3.05) is 47.3 Å². The number of hydrogen-bond donors (Lipinski definition) is 2. The van der Waals surface area contributed by atoms with Crippen LogP contribution in [0.4, 0.5) is 0 Å². The van der Waals surface area contributed by atoms with E-state index in [-0.39, 0.29) is 17.9 Å². The van der Waals surface area contributed by atoms with Crippen LogP contribution in [0.1, 0.15) is 20.3 Å². The molecule has 0 bridgehead atoms. The second-order valence-corrected chi connectivity index (χ2v) is 6.16. The lowest BCUT2D eigenvalue weighted by molar-refractivity contribution is -0.134. The van der Waals surface area contributed by atoms with E-state index in [0.717, 1.165) is 19.6 Å². The van der Waals surface area contributed by atoms with Crippen LogP contribution in [0.2, 0.25) is 0 Å². The first-order valence-corrected chi connectivity index (χ1v) is 7.16. The predicted octanol–water partition coefficient (Wildman–Crippen LogP) is -0.489. The maximum atomic E-state index is 12.4. The van der Waals surface area contributed by atoms with Crippen molar-refractivity contribution in [3.63, 3.8) is 0 Å². The van der Waals surface area contributed by atoms with Gasteiger partial charge < -0.3 is 15.5 Å². The molecule has 0 saturated carbocycles. The Labute approximate surface area is 121 Å². The average molecular weight is 290 g/mol. The quantitative estimate of drug-likeness (QED) is 0.530. The highest BCUT2D eigenvalue weighted by Crippen LogP contribution is 2.27. The molecule has 1 aliphatic rings. The highest BCUT2D eigenvalue weighted by atomic mass is 16.2. The molecule has 20 heavy (non-hydrogen) atoms. The summed E-state index contributed by atoms with van der Waals surface area (Å²) in [4.78, 5) is 28.1. The van der Waals surface area contributed by atoms with Gasteiger partial charge in [-0.25, -0.2) is 0 Å². The molecule has 0 radical (unpaired) electrons. The van der Waals surface area contributed by atoms with Gasteiger partial charge in [0.1, 0.15) is 0 Å². The summed E-state index contributed by atoms with van der Waals surface area (Å²) in [5, 5.41) is 5.42. The molecule has 0 aromatic heterocycles. The first-order valence-electron chi connectivity index (χ1n) is 7.16. The van der Waals surface area contributed by atoms with Crippen LogP contribution in [0.25, 0.3) is 0 Å². The second kappa shape index (κ2) is 7.04. The van der Waals surface area contributed by atoms with Gasteiger partial charge in [0.2, 0.25) is 11.8 Å². The van der Waals surface area contributed by atoms with Gasteiger partial charge in [-0.3, -0.25) is 14.5 Å². The van der Waals surface area contributed by atoms with E-state index in [1.807, 2.05) is 13.8 Å². The van der Waals surface area contributed by atoms with Gasteiger partial charge in [-0.15, -0.1) is 0 Å². The lowest BCUT2D eigenvalue weighted by Crippen LogP contribution is -2.60. The van der Waals surface area contributed by atoms with Crippen LogP contribution < -0.4 is 10.6 Å². The van der Waals surface area contributed by atoms with Gasteiger partial charge in [0, 0.05) is 45.7 Å². The zero-order chi connectivity index (χ0) is 15.3. The van der Waals surface area contributed by atoms with Crippen LogP contribution in [0.15, 0.2) is 0 Å². The third-order valence-electron chi connectivity index (χ3n) is 4.19. The summed E-state index contributed by atoms with van der Waals surface area (Å²) in [7, 11) is 5.75. The summed E-state index contributed by atoms with van der Waals surface area (Å²) >= 11 is 0. The lowest BCUT2D eigenvalue weighted by atomic mass is 9.83. The van der Waals surface area contributed by atoms with Gasteiger partial charge in [-0.1, -0.05) is 0 Å². The van der Waals surface area contributed by atoms with E-state index in [1.54, 1.807) is 7.05 Å². The number of carbonyl (C=O) groups excluding carboxylic acids is 2. The molecule has 1 unspecified atom stereocenters. The summed E-state index contributed by atoms with van der Waals surface area (Å²) in [6, 6.07) is 0.182. The van der Waals surface area contributed by atoms with Crippen LogP contribution in [-0.2, 0) is 9.59 Å². The lowest BCUT2D eigenvalue weighted by Gasteiger charge is -2.45. The van der Waals surface area contributed by atoms with Crippen LogP contribution >= 0.6 is 0 Å². The number of likely N-dealkylation sites (N-methyl/N-ethyl adjacent to an activating group) is 2. The monoisotopic (exact) mass is 290 g/mol. The molecular weight excluding hydrogens is 262 g/mol. The topological polar surface area (TPSA) is 64.7 Å². The first-order chi connectivity index (χ1) is 9.28. The normalized spacial score (nSPS) is 21.6. The van der Waals surface area contributed by atoms with E-state index in [0.29, 0.717) is 13.0 Å². The maximum absolute atomic E-state index is 12.4. The summed E-state index contributed by atoms with van der Waals surface area (Å²) in [6.07, 6.45) is 0.318. The molecule has 1 aliphatic heterocycles. The number of nitrogens with one attached hydrogen (secondary N) is 2. The highest BCUT2D eigenvalue weighted by molar-refractivity contribution is 5.83. The van der Waals surface area contributed by atoms with Crippen LogP contribution in [0, 0.1) is 5.41 Å². The van der Waals surface area contributed by atoms with Crippen LogP contribution in [0.3, 0.4) is 0 Å². The molecule has 0 aromatic rings. The fourth-order valence-electron chi connectivity index (χ4n) is 2.58. The van der Waals surface area contributed by atoms with Crippen molar-refractivity contribution >= 4 is 11.8 Å². The van der Waals surface area contributed by atoms with E-state index >= 15 is 0 Å². The Hall–Kier alpha value is -1.14. The molecular formula is C14H28N4O2. The minimum atomic E-state index is -0.480. The van der Waals surface area contributed by atoms with Crippen molar-refractivity contribution in [2.24, 2.45) is 5.41 Å². The largest absolute Gasteiger partial charge is 0.359 e. The zero-order valence-corrected chi connectivity index (χ0v) is 13.3. The molecule has 1 fully saturated rings. The number of nitrogens with zero attached hydrogens (tertiary/aromatic N) is 2. The molecule has 0 spiro atoms. The van der Waals surface area contributed by atoms with Gasteiger partial charge in [0.25, 0.3) is 0 Å². The van der Waals surface area contributed by atoms with Crippen molar-refractivity contribution in [3.8, 4) is 0 Å². The van der Waals surface area contributed by atoms with Gasteiger partial charge in [-0.05, 0) is 27.9 Å². The van der Waals surface area contributed by atoms with Gasteiger partial charge >= 0.3 is 0 Å². The Morgan fingerprint density at radius 2 is 1.90 bits per heavy atom. The summed E-state index contributed by atoms with van der Waals surface area (Å²) in [5.41, 5.74) is -0.480. The van der Waals surface area contributed by atoms with Crippen LogP contribution in [-0.4, -0.2) is 75.0 Å². The van der Waals surface area contributed by atoms with Crippen molar-refractivity contribution in [2.45, 2.75) is 26.3 Å². The molecule has 2 N–H and O–H groups in total.